The van der Waals surface area contributed by atoms with E-state index in [0.29, 0.717) is 0 Å². The maximum Gasteiger partial charge on any atom is 0.186 e. The number of allylic oxidation sites excluding steroid dienone is 1. The molecule has 0 aliphatic rings. The monoisotopic (exact) mass is 228 g/mol. The Balaban J connectivity index is 2.15. The number of benzene rings is 1. The summed E-state index contributed by atoms with van der Waals surface area (Å²) >= 11 is 0. The summed E-state index contributed by atoms with van der Waals surface area (Å²) in [7, 11) is 0. The van der Waals surface area contributed by atoms with E-state index in [2.05, 4.69) is 28.5 Å². The van der Waals surface area contributed by atoms with Gasteiger partial charge in [-0.1, -0.05) is 56.2 Å². The van der Waals surface area contributed by atoms with Crippen LogP contribution in [0.5, 0.6) is 0 Å². The van der Waals surface area contributed by atoms with Crippen LogP contribution in [0, 0.1) is 0 Å². The van der Waals surface area contributed by atoms with Gasteiger partial charge in [0.25, 0.3) is 0 Å². The van der Waals surface area contributed by atoms with Gasteiger partial charge >= 0.3 is 0 Å². The van der Waals surface area contributed by atoms with E-state index < -0.39 is 0 Å². The SMILES string of the molecule is CCCCC=Cn1nnnc1-c1ccccc1. The van der Waals surface area contributed by atoms with Crippen molar-refractivity contribution in [2.75, 3.05) is 0 Å². The van der Waals surface area contributed by atoms with Gasteiger partial charge in [-0.3, -0.25) is 0 Å². The van der Waals surface area contributed by atoms with Crippen LogP contribution < -0.4 is 0 Å². The van der Waals surface area contributed by atoms with Crippen LogP contribution in [0.4, 0.5) is 0 Å². The largest absolute Gasteiger partial charge is 0.200 e. The lowest BCUT2D eigenvalue weighted by Gasteiger charge is -1.98. The molecule has 0 unspecified atom stereocenters. The predicted octanol–water partition coefficient (Wildman–Crippen LogP) is 3.00. The lowest BCUT2D eigenvalue weighted by atomic mass is 10.2. The molecule has 0 bridgehead atoms. The zero-order valence-corrected chi connectivity index (χ0v) is 9.95. The molecule has 2 rings (SSSR count). The fraction of sp³-hybridized carbons (Fsp3) is 0.308. The molecule has 2 aromatic rings. The van der Waals surface area contributed by atoms with E-state index in [1.165, 1.54) is 12.8 Å². The number of rotatable bonds is 5. The van der Waals surface area contributed by atoms with Crippen molar-refractivity contribution in [1.29, 1.82) is 0 Å². The molecule has 0 radical (unpaired) electrons. The van der Waals surface area contributed by atoms with Crippen LogP contribution in [-0.2, 0) is 0 Å². The first-order valence-electron chi connectivity index (χ1n) is 5.91. The Hall–Kier alpha value is -1.97. The number of aromatic nitrogens is 4. The van der Waals surface area contributed by atoms with Gasteiger partial charge in [-0.25, -0.2) is 4.68 Å². The second kappa shape index (κ2) is 5.94. The van der Waals surface area contributed by atoms with E-state index >= 15 is 0 Å². The van der Waals surface area contributed by atoms with Crippen molar-refractivity contribution >= 4 is 6.20 Å². The standard InChI is InChI=1S/C13H16N4/c1-2-3-4-8-11-17-13(14-15-16-17)12-9-6-5-7-10-12/h5-11H,2-4H2,1H3. The van der Waals surface area contributed by atoms with Gasteiger partial charge in [0.15, 0.2) is 5.82 Å². The molecule has 1 aromatic heterocycles. The quantitative estimate of drug-likeness (QED) is 0.739. The van der Waals surface area contributed by atoms with Crippen LogP contribution in [0.1, 0.15) is 26.2 Å². The molecular formula is C13H16N4. The van der Waals surface area contributed by atoms with Gasteiger partial charge in [0, 0.05) is 11.8 Å². The summed E-state index contributed by atoms with van der Waals surface area (Å²) in [5.74, 6) is 0.776. The lowest BCUT2D eigenvalue weighted by Crippen LogP contribution is -1.93. The van der Waals surface area contributed by atoms with Gasteiger partial charge in [0.2, 0.25) is 0 Å². The highest BCUT2D eigenvalue weighted by molar-refractivity contribution is 5.56. The smallest absolute Gasteiger partial charge is 0.186 e. The van der Waals surface area contributed by atoms with E-state index in [1.54, 1.807) is 4.68 Å². The fourth-order valence-electron chi connectivity index (χ4n) is 1.57. The Bertz CT molecular complexity index is 473. The average Bonchev–Trinajstić information content (AvgIpc) is 2.84. The van der Waals surface area contributed by atoms with Gasteiger partial charge in [-0.2, -0.15) is 0 Å². The molecule has 88 valence electrons. The minimum absolute atomic E-state index is 0.776. The summed E-state index contributed by atoms with van der Waals surface area (Å²) in [6.45, 7) is 2.18. The second-order valence-electron chi connectivity index (χ2n) is 3.84. The van der Waals surface area contributed by atoms with Crippen molar-refractivity contribution in [3.05, 3.63) is 36.4 Å². The van der Waals surface area contributed by atoms with Crippen LogP contribution in [0.3, 0.4) is 0 Å². The normalized spacial score (nSPS) is 11.1. The van der Waals surface area contributed by atoms with Crippen LogP contribution >= 0.6 is 0 Å². The van der Waals surface area contributed by atoms with Gasteiger partial charge in [0.1, 0.15) is 0 Å². The molecule has 0 saturated carbocycles. The van der Waals surface area contributed by atoms with E-state index in [9.17, 15) is 0 Å². The van der Waals surface area contributed by atoms with Crippen LogP contribution in [-0.4, -0.2) is 20.2 Å². The lowest BCUT2D eigenvalue weighted by molar-refractivity contribution is 0.799. The highest BCUT2D eigenvalue weighted by Crippen LogP contribution is 2.14. The third-order valence-electron chi connectivity index (χ3n) is 2.50. The molecule has 4 nitrogen and oxygen atoms in total. The zero-order valence-electron chi connectivity index (χ0n) is 9.95. The number of unbranched alkanes of at least 4 members (excludes halogenated alkanes) is 2. The van der Waals surface area contributed by atoms with E-state index in [4.69, 9.17) is 0 Å². The molecule has 4 heteroatoms. The topological polar surface area (TPSA) is 43.6 Å². The highest BCUT2D eigenvalue weighted by atomic mass is 15.5. The molecule has 1 aromatic carbocycles. The van der Waals surface area contributed by atoms with Crippen LogP contribution in [0.15, 0.2) is 36.4 Å². The molecule has 1 heterocycles. The first-order valence-corrected chi connectivity index (χ1v) is 5.91. The van der Waals surface area contributed by atoms with Crippen molar-refractivity contribution in [1.82, 2.24) is 20.2 Å². The van der Waals surface area contributed by atoms with Crippen molar-refractivity contribution in [3.8, 4) is 11.4 Å². The van der Waals surface area contributed by atoms with Crippen molar-refractivity contribution < 1.29 is 0 Å². The molecule has 0 fully saturated rings. The van der Waals surface area contributed by atoms with Crippen molar-refractivity contribution in [3.63, 3.8) is 0 Å². The molecule has 0 aliphatic heterocycles. The molecule has 0 spiro atoms. The third-order valence-corrected chi connectivity index (χ3v) is 2.50. The van der Waals surface area contributed by atoms with Gasteiger partial charge < -0.3 is 0 Å². The summed E-state index contributed by atoms with van der Waals surface area (Å²) in [6.07, 6.45) is 7.49. The molecule has 0 saturated heterocycles. The first-order chi connectivity index (χ1) is 8.42. The minimum Gasteiger partial charge on any atom is -0.200 e. The van der Waals surface area contributed by atoms with Crippen LogP contribution in [0.25, 0.3) is 17.6 Å². The van der Waals surface area contributed by atoms with E-state index in [0.717, 1.165) is 17.8 Å². The molecular weight excluding hydrogens is 212 g/mol. The predicted molar refractivity (Wildman–Crippen MR) is 68.1 cm³/mol. The van der Waals surface area contributed by atoms with Crippen LogP contribution in [0.2, 0.25) is 0 Å². The Morgan fingerprint density at radius 3 is 2.82 bits per heavy atom. The molecule has 0 amide bonds. The Morgan fingerprint density at radius 1 is 1.24 bits per heavy atom. The van der Waals surface area contributed by atoms with E-state index in [-0.39, 0.29) is 0 Å². The Labute approximate surface area is 101 Å². The average molecular weight is 228 g/mol. The summed E-state index contributed by atoms with van der Waals surface area (Å²) < 4.78 is 1.71. The molecule has 17 heavy (non-hydrogen) atoms. The number of tetrazole rings is 1. The molecule has 0 N–H and O–H groups in total. The Kier molecular flexibility index (Phi) is 4.02. The minimum atomic E-state index is 0.776. The summed E-state index contributed by atoms with van der Waals surface area (Å²) in [4.78, 5) is 0. The highest BCUT2D eigenvalue weighted by Gasteiger charge is 2.04. The summed E-state index contributed by atoms with van der Waals surface area (Å²) in [5, 5.41) is 11.7. The maximum absolute atomic E-state index is 4.04. The maximum atomic E-state index is 4.04. The second-order valence-corrected chi connectivity index (χ2v) is 3.84. The van der Waals surface area contributed by atoms with Gasteiger partial charge in [-0.15, -0.1) is 5.10 Å². The summed E-state index contributed by atoms with van der Waals surface area (Å²) in [5.41, 5.74) is 1.03. The van der Waals surface area contributed by atoms with Crippen molar-refractivity contribution in [2.45, 2.75) is 26.2 Å². The number of hydrogen-bond donors (Lipinski definition) is 0. The van der Waals surface area contributed by atoms with E-state index in [1.807, 2.05) is 36.5 Å². The number of hydrogen-bond acceptors (Lipinski definition) is 3. The fourth-order valence-corrected chi connectivity index (χ4v) is 1.57. The molecule has 0 aliphatic carbocycles. The molecule has 0 atom stereocenters. The Morgan fingerprint density at radius 2 is 2.06 bits per heavy atom. The van der Waals surface area contributed by atoms with Gasteiger partial charge in [0.05, 0.1) is 0 Å². The van der Waals surface area contributed by atoms with Crippen molar-refractivity contribution in [2.24, 2.45) is 0 Å². The summed E-state index contributed by atoms with van der Waals surface area (Å²) in [6, 6.07) is 9.95. The number of nitrogens with zero attached hydrogens (tertiary/aromatic N) is 4. The zero-order chi connectivity index (χ0) is 11.9. The third kappa shape index (κ3) is 3.00. The van der Waals surface area contributed by atoms with Gasteiger partial charge in [-0.05, 0) is 16.8 Å². The first kappa shape index (κ1) is 11.5.